The fourth-order valence-electron chi connectivity index (χ4n) is 2.06. The molecule has 3 nitrogen and oxygen atoms in total. The molecule has 0 aliphatic rings. The topological polar surface area (TPSA) is 34.9 Å². The molecule has 0 amide bonds. The van der Waals surface area contributed by atoms with Gasteiger partial charge in [-0.25, -0.2) is 4.98 Å². The summed E-state index contributed by atoms with van der Waals surface area (Å²) in [6, 6.07) is 17.9. The van der Waals surface area contributed by atoms with Crippen molar-refractivity contribution >= 4 is 28.7 Å². The Bertz CT molecular complexity index is 721. The third-order valence-electron chi connectivity index (χ3n) is 3.06. The van der Waals surface area contributed by atoms with Crippen LogP contribution in [0.15, 0.2) is 60.9 Å². The van der Waals surface area contributed by atoms with E-state index in [4.69, 9.17) is 0 Å². The first kappa shape index (κ1) is 12.9. The highest BCUT2D eigenvalue weighted by atomic mass is 32.2. The number of carbonyl (C=O) groups is 1. The molecule has 0 aliphatic heterocycles. The maximum atomic E-state index is 12.2. The van der Waals surface area contributed by atoms with Gasteiger partial charge in [-0.3, -0.25) is 9.36 Å². The fourth-order valence-corrected chi connectivity index (χ4v) is 2.90. The average Bonchev–Trinajstić information content (AvgIpc) is 2.92. The summed E-state index contributed by atoms with van der Waals surface area (Å²) in [5, 5.41) is 0. The van der Waals surface area contributed by atoms with Crippen LogP contribution in [0.5, 0.6) is 0 Å². The van der Waals surface area contributed by atoms with E-state index in [2.05, 4.69) is 17.1 Å². The van der Waals surface area contributed by atoms with Crippen molar-refractivity contribution < 1.29 is 4.79 Å². The Labute approximate surface area is 121 Å². The van der Waals surface area contributed by atoms with Crippen LogP contribution in [-0.2, 0) is 5.75 Å². The minimum Gasteiger partial charge on any atom is -0.273 e. The summed E-state index contributed by atoms with van der Waals surface area (Å²) in [7, 11) is 0. The van der Waals surface area contributed by atoms with Crippen molar-refractivity contribution in [3.05, 3.63) is 66.5 Å². The number of rotatable bonds is 4. The highest BCUT2D eigenvalue weighted by Gasteiger charge is 2.09. The van der Waals surface area contributed by atoms with Gasteiger partial charge in [0.15, 0.2) is 0 Å². The first-order valence-corrected chi connectivity index (χ1v) is 7.57. The molecule has 20 heavy (non-hydrogen) atoms. The summed E-state index contributed by atoms with van der Waals surface area (Å²) in [6.07, 6.45) is 1.61. The van der Waals surface area contributed by atoms with Crippen LogP contribution in [0.3, 0.4) is 0 Å². The summed E-state index contributed by atoms with van der Waals surface area (Å²) in [6.45, 7) is 0. The second-order valence-electron chi connectivity index (χ2n) is 4.48. The predicted molar refractivity (Wildman–Crippen MR) is 83.0 cm³/mol. The summed E-state index contributed by atoms with van der Waals surface area (Å²) in [4.78, 5) is 16.5. The Hall–Kier alpha value is -2.07. The van der Waals surface area contributed by atoms with Gasteiger partial charge in [0.2, 0.25) is 5.91 Å². The monoisotopic (exact) mass is 282 g/mol. The number of para-hydroxylation sites is 2. The molecule has 1 heterocycles. The van der Waals surface area contributed by atoms with Gasteiger partial charge in [0.05, 0.1) is 16.8 Å². The Morgan fingerprint density at radius 1 is 1.05 bits per heavy atom. The highest BCUT2D eigenvalue weighted by molar-refractivity contribution is 7.99. The van der Waals surface area contributed by atoms with Gasteiger partial charge in [-0.05, 0) is 17.7 Å². The molecule has 0 aliphatic carbocycles. The first-order valence-electron chi connectivity index (χ1n) is 6.41. The molecule has 0 N–H and O–H groups in total. The number of hydrogen-bond donors (Lipinski definition) is 0. The Kier molecular flexibility index (Phi) is 3.83. The standard InChI is InChI=1S/C16H14N2OS/c19-16(11-20-10-13-6-2-1-3-7-13)18-12-17-14-8-4-5-9-15(14)18/h1-9,12H,10-11H2. The number of carbonyl (C=O) groups excluding carboxylic acids is 1. The van der Waals surface area contributed by atoms with E-state index in [0.717, 1.165) is 16.8 Å². The van der Waals surface area contributed by atoms with Crippen LogP contribution in [0.4, 0.5) is 0 Å². The molecule has 3 aromatic rings. The van der Waals surface area contributed by atoms with Crippen molar-refractivity contribution in [3.8, 4) is 0 Å². The van der Waals surface area contributed by atoms with Crippen molar-refractivity contribution in [1.82, 2.24) is 9.55 Å². The molecule has 0 radical (unpaired) electrons. The zero-order chi connectivity index (χ0) is 13.8. The van der Waals surface area contributed by atoms with Crippen LogP contribution in [0, 0.1) is 0 Å². The van der Waals surface area contributed by atoms with Crippen molar-refractivity contribution in [3.63, 3.8) is 0 Å². The van der Waals surface area contributed by atoms with Gasteiger partial charge in [-0.15, -0.1) is 11.8 Å². The normalized spacial score (nSPS) is 10.8. The van der Waals surface area contributed by atoms with Gasteiger partial charge < -0.3 is 0 Å². The minimum atomic E-state index is 0.0691. The van der Waals surface area contributed by atoms with Gasteiger partial charge >= 0.3 is 0 Å². The largest absolute Gasteiger partial charge is 0.273 e. The van der Waals surface area contributed by atoms with E-state index in [1.165, 1.54) is 5.56 Å². The van der Waals surface area contributed by atoms with E-state index >= 15 is 0 Å². The molecule has 0 fully saturated rings. The molecule has 0 saturated heterocycles. The van der Waals surface area contributed by atoms with Crippen molar-refractivity contribution in [2.45, 2.75) is 5.75 Å². The third-order valence-corrected chi connectivity index (χ3v) is 4.05. The molecule has 1 aromatic heterocycles. The molecule has 0 bridgehead atoms. The molecular weight excluding hydrogens is 268 g/mol. The molecule has 100 valence electrons. The van der Waals surface area contributed by atoms with Crippen LogP contribution < -0.4 is 0 Å². The maximum absolute atomic E-state index is 12.2. The second kappa shape index (κ2) is 5.92. The Balaban J connectivity index is 1.65. The zero-order valence-corrected chi connectivity index (χ0v) is 11.7. The molecule has 0 atom stereocenters. The van der Waals surface area contributed by atoms with Gasteiger partial charge in [-0.1, -0.05) is 42.5 Å². The van der Waals surface area contributed by atoms with E-state index in [1.54, 1.807) is 22.7 Å². The number of fused-ring (bicyclic) bond motifs is 1. The summed E-state index contributed by atoms with van der Waals surface area (Å²) in [5.74, 6) is 1.37. The molecule has 4 heteroatoms. The fraction of sp³-hybridized carbons (Fsp3) is 0.125. The lowest BCUT2D eigenvalue weighted by molar-refractivity contribution is 0.0946. The quantitative estimate of drug-likeness (QED) is 0.733. The summed E-state index contributed by atoms with van der Waals surface area (Å²) in [5.41, 5.74) is 2.97. The van der Waals surface area contributed by atoms with Crippen molar-refractivity contribution in [2.75, 3.05) is 5.75 Å². The van der Waals surface area contributed by atoms with Gasteiger partial charge in [0.25, 0.3) is 0 Å². The minimum absolute atomic E-state index is 0.0691. The van der Waals surface area contributed by atoms with Crippen LogP contribution >= 0.6 is 11.8 Å². The van der Waals surface area contributed by atoms with Crippen LogP contribution in [0.2, 0.25) is 0 Å². The molecular formula is C16H14N2OS. The summed E-state index contributed by atoms with van der Waals surface area (Å²) < 4.78 is 1.63. The van der Waals surface area contributed by atoms with E-state index in [9.17, 15) is 4.79 Å². The van der Waals surface area contributed by atoms with E-state index < -0.39 is 0 Å². The molecule has 0 spiro atoms. The van der Waals surface area contributed by atoms with Crippen LogP contribution in [0.25, 0.3) is 11.0 Å². The van der Waals surface area contributed by atoms with Gasteiger partial charge in [0, 0.05) is 5.75 Å². The number of imidazole rings is 1. The lowest BCUT2D eigenvalue weighted by Gasteiger charge is -2.03. The number of aromatic nitrogens is 2. The van der Waals surface area contributed by atoms with Crippen LogP contribution in [-0.4, -0.2) is 21.2 Å². The van der Waals surface area contributed by atoms with E-state index in [0.29, 0.717) is 5.75 Å². The van der Waals surface area contributed by atoms with Gasteiger partial charge in [0.1, 0.15) is 6.33 Å². The maximum Gasteiger partial charge on any atom is 0.242 e. The lowest BCUT2D eigenvalue weighted by Crippen LogP contribution is -2.11. The molecule has 2 aromatic carbocycles. The van der Waals surface area contributed by atoms with Crippen molar-refractivity contribution in [1.29, 1.82) is 0 Å². The SMILES string of the molecule is O=C(CSCc1ccccc1)n1cnc2ccccc21. The van der Waals surface area contributed by atoms with E-state index in [-0.39, 0.29) is 5.91 Å². The molecule has 3 rings (SSSR count). The Morgan fingerprint density at radius 2 is 1.80 bits per heavy atom. The van der Waals surface area contributed by atoms with E-state index in [1.807, 2.05) is 42.5 Å². The second-order valence-corrected chi connectivity index (χ2v) is 5.46. The number of thioether (sulfide) groups is 1. The number of hydrogen-bond acceptors (Lipinski definition) is 3. The lowest BCUT2D eigenvalue weighted by atomic mass is 10.2. The highest BCUT2D eigenvalue weighted by Crippen LogP contribution is 2.15. The summed E-state index contributed by atoms with van der Waals surface area (Å²) >= 11 is 1.62. The Morgan fingerprint density at radius 3 is 2.65 bits per heavy atom. The first-order chi connectivity index (χ1) is 9.84. The predicted octanol–water partition coefficient (Wildman–Crippen LogP) is 3.61. The number of benzene rings is 2. The van der Waals surface area contributed by atoms with Crippen molar-refractivity contribution in [2.24, 2.45) is 0 Å². The van der Waals surface area contributed by atoms with Gasteiger partial charge in [-0.2, -0.15) is 0 Å². The molecule has 0 saturated carbocycles. The molecule has 0 unspecified atom stereocenters. The third kappa shape index (κ3) is 2.75. The van der Waals surface area contributed by atoms with Crippen LogP contribution in [0.1, 0.15) is 10.4 Å². The average molecular weight is 282 g/mol. The smallest absolute Gasteiger partial charge is 0.242 e. The number of nitrogens with zero attached hydrogens (tertiary/aromatic N) is 2. The zero-order valence-electron chi connectivity index (χ0n) is 10.9.